The minimum Gasteiger partial charge on any atom is -0.375 e. The first-order valence-corrected chi connectivity index (χ1v) is 7.37. The van der Waals surface area contributed by atoms with Gasteiger partial charge in [0.15, 0.2) is 0 Å². The molecule has 1 aromatic carbocycles. The summed E-state index contributed by atoms with van der Waals surface area (Å²) in [6.07, 6.45) is 0.907. The van der Waals surface area contributed by atoms with E-state index >= 15 is 0 Å². The van der Waals surface area contributed by atoms with Crippen LogP contribution in [0.3, 0.4) is 0 Å². The molecule has 112 valence electrons. The summed E-state index contributed by atoms with van der Waals surface area (Å²) in [5.74, 6) is 6.10. The van der Waals surface area contributed by atoms with Crippen LogP contribution in [-0.2, 0) is 11.2 Å². The molecule has 1 fully saturated rings. The standard InChI is InChI=1S/C15H22ClFN2O/c1-8-9(2)20-10(3)15(8)14(19-18)7-11-6-12(17)4-5-13(11)16/h4-6,8-10,14-15,19H,7,18H2,1-3H3. The first-order valence-electron chi connectivity index (χ1n) is 6.99. The van der Waals surface area contributed by atoms with Crippen molar-refractivity contribution in [2.45, 2.75) is 45.4 Å². The van der Waals surface area contributed by atoms with Crippen molar-refractivity contribution in [2.24, 2.45) is 17.7 Å². The highest BCUT2D eigenvalue weighted by atomic mass is 35.5. The van der Waals surface area contributed by atoms with Gasteiger partial charge in [0.2, 0.25) is 0 Å². The molecule has 5 atom stereocenters. The summed E-state index contributed by atoms with van der Waals surface area (Å²) in [5.41, 5.74) is 3.63. The van der Waals surface area contributed by atoms with Gasteiger partial charge in [0, 0.05) is 17.0 Å². The van der Waals surface area contributed by atoms with E-state index in [0.717, 1.165) is 5.56 Å². The van der Waals surface area contributed by atoms with Gasteiger partial charge in [0.1, 0.15) is 5.82 Å². The maximum Gasteiger partial charge on any atom is 0.123 e. The summed E-state index contributed by atoms with van der Waals surface area (Å²) >= 11 is 6.14. The molecule has 2 rings (SSSR count). The first-order chi connectivity index (χ1) is 9.43. The average molecular weight is 301 g/mol. The lowest BCUT2D eigenvalue weighted by Crippen LogP contribution is -2.46. The van der Waals surface area contributed by atoms with E-state index in [1.807, 2.05) is 0 Å². The van der Waals surface area contributed by atoms with E-state index in [0.29, 0.717) is 17.4 Å². The molecule has 3 nitrogen and oxygen atoms in total. The molecule has 5 heteroatoms. The summed E-state index contributed by atoms with van der Waals surface area (Å²) in [6.45, 7) is 6.29. The number of ether oxygens (including phenoxy) is 1. The fourth-order valence-corrected chi connectivity index (χ4v) is 3.42. The lowest BCUT2D eigenvalue weighted by molar-refractivity contribution is 0.0476. The monoisotopic (exact) mass is 300 g/mol. The third-order valence-corrected chi connectivity index (χ3v) is 4.81. The molecule has 0 radical (unpaired) electrons. The van der Waals surface area contributed by atoms with Crippen molar-refractivity contribution in [3.05, 3.63) is 34.6 Å². The molecule has 0 aliphatic carbocycles. The van der Waals surface area contributed by atoms with Crippen molar-refractivity contribution in [3.63, 3.8) is 0 Å². The molecule has 1 aromatic rings. The second-order valence-corrected chi connectivity index (χ2v) is 6.10. The number of halogens is 2. The van der Waals surface area contributed by atoms with Gasteiger partial charge in [-0.15, -0.1) is 0 Å². The van der Waals surface area contributed by atoms with Crippen molar-refractivity contribution in [1.82, 2.24) is 5.43 Å². The van der Waals surface area contributed by atoms with Gasteiger partial charge in [-0.25, -0.2) is 4.39 Å². The quantitative estimate of drug-likeness (QED) is 0.664. The second kappa shape index (κ2) is 6.39. The Hall–Kier alpha value is -0.680. The number of nitrogens with one attached hydrogen (secondary N) is 1. The summed E-state index contributed by atoms with van der Waals surface area (Å²) in [5, 5.41) is 0.568. The molecule has 1 aliphatic heterocycles. The van der Waals surface area contributed by atoms with Crippen molar-refractivity contribution < 1.29 is 9.13 Å². The van der Waals surface area contributed by atoms with Gasteiger partial charge in [-0.1, -0.05) is 18.5 Å². The van der Waals surface area contributed by atoms with E-state index in [1.165, 1.54) is 12.1 Å². The number of hydrogen-bond acceptors (Lipinski definition) is 3. The third kappa shape index (κ3) is 3.14. The van der Waals surface area contributed by atoms with E-state index in [4.69, 9.17) is 22.2 Å². The molecule has 0 spiro atoms. The highest BCUT2D eigenvalue weighted by Crippen LogP contribution is 2.35. The number of hydrazine groups is 1. The Kier molecular flexibility index (Phi) is 5.02. The van der Waals surface area contributed by atoms with Crippen LogP contribution in [-0.4, -0.2) is 18.2 Å². The molecule has 5 unspecified atom stereocenters. The summed E-state index contributed by atoms with van der Waals surface area (Å²) in [6, 6.07) is 4.42. The normalized spacial score (nSPS) is 31.5. The lowest BCUT2D eigenvalue weighted by Gasteiger charge is -2.28. The van der Waals surface area contributed by atoms with Gasteiger partial charge in [-0.05, 0) is 49.9 Å². The van der Waals surface area contributed by atoms with E-state index in [-0.39, 0.29) is 30.0 Å². The van der Waals surface area contributed by atoms with Crippen LogP contribution in [0, 0.1) is 17.7 Å². The van der Waals surface area contributed by atoms with Crippen LogP contribution in [0.5, 0.6) is 0 Å². The summed E-state index contributed by atoms with van der Waals surface area (Å²) in [7, 11) is 0. The van der Waals surface area contributed by atoms with Gasteiger partial charge >= 0.3 is 0 Å². The minimum atomic E-state index is -0.280. The van der Waals surface area contributed by atoms with Crippen molar-refractivity contribution in [2.75, 3.05) is 0 Å². The predicted molar refractivity (Wildman–Crippen MR) is 78.9 cm³/mol. The zero-order valence-electron chi connectivity index (χ0n) is 12.1. The first kappa shape index (κ1) is 15.7. The topological polar surface area (TPSA) is 47.3 Å². The average Bonchev–Trinajstić information content (AvgIpc) is 2.65. The molecule has 0 amide bonds. The van der Waals surface area contributed by atoms with E-state index in [9.17, 15) is 4.39 Å². The number of benzene rings is 1. The number of nitrogens with two attached hydrogens (primary N) is 1. The summed E-state index contributed by atoms with van der Waals surface area (Å²) < 4.78 is 19.2. The van der Waals surface area contributed by atoms with Crippen LogP contribution in [0.2, 0.25) is 5.02 Å². The Morgan fingerprint density at radius 3 is 2.60 bits per heavy atom. The Morgan fingerprint density at radius 2 is 2.05 bits per heavy atom. The zero-order chi connectivity index (χ0) is 14.9. The van der Waals surface area contributed by atoms with Gasteiger partial charge in [-0.2, -0.15) is 0 Å². The van der Waals surface area contributed by atoms with E-state index in [2.05, 4.69) is 26.2 Å². The van der Waals surface area contributed by atoms with Crippen molar-refractivity contribution >= 4 is 11.6 Å². The third-order valence-electron chi connectivity index (χ3n) is 4.45. The van der Waals surface area contributed by atoms with Crippen LogP contribution in [0.25, 0.3) is 0 Å². The van der Waals surface area contributed by atoms with Crippen LogP contribution >= 0.6 is 11.6 Å². The Bertz CT molecular complexity index is 471. The maximum absolute atomic E-state index is 13.4. The maximum atomic E-state index is 13.4. The minimum absolute atomic E-state index is 0.00394. The van der Waals surface area contributed by atoms with E-state index < -0.39 is 0 Å². The van der Waals surface area contributed by atoms with Gasteiger partial charge in [0.05, 0.1) is 12.2 Å². The summed E-state index contributed by atoms with van der Waals surface area (Å²) in [4.78, 5) is 0. The number of hydrogen-bond donors (Lipinski definition) is 2. The molecule has 1 aliphatic rings. The molecule has 0 bridgehead atoms. The van der Waals surface area contributed by atoms with Crippen LogP contribution in [0.1, 0.15) is 26.3 Å². The molecular weight excluding hydrogens is 279 g/mol. The molecule has 1 saturated heterocycles. The Labute approximate surface area is 124 Å². The van der Waals surface area contributed by atoms with Crippen LogP contribution in [0.4, 0.5) is 4.39 Å². The molecule has 0 saturated carbocycles. The highest BCUT2D eigenvalue weighted by molar-refractivity contribution is 6.31. The van der Waals surface area contributed by atoms with E-state index in [1.54, 1.807) is 6.07 Å². The Morgan fingerprint density at radius 1 is 1.35 bits per heavy atom. The smallest absolute Gasteiger partial charge is 0.123 e. The predicted octanol–water partition coefficient (Wildman–Crippen LogP) is 2.91. The Balaban J connectivity index is 2.19. The molecular formula is C15H22ClFN2O. The van der Waals surface area contributed by atoms with Gasteiger partial charge in [-0.3, -0.25) is 11.3 Å². The largest absolute Gasteiger partial charge is 0.375 e. The zero-order valence-corrected chi connectivity index (χ0v) is 12.8. The van der Waals surface area contributed by atoms with Crippen molar-refractivity contribution in [1.29, 1.82) is 0 Å². The fraction of sp³-hybridized carbons (Fsp3) is 0.600. The molecule has 20 heavy (non-hydrogen) atoms. The van der Waals surface area contributed by atoms with Gasteiger partial charge < -0.3 is 4.74 Å². The van der Waals surface area contributed by atoms with Crippen LogP contribution < -0.4 is 11.3 Å². The lowest BCUT2D eigenvalue weighted by atomic mass is 9.81. The molecule has 3 N–H and O–H groups in total. The molecule has 1 heterocycles. The van der Waals surface area contributed by atoms with Crippen molar-refractivity contribution in [3.8, 4) is 0 Å². The van der Waals surface area contributed by atoms with Crippen LogP contribution in [0.15, 0.2) is 18.2 Å². The second-order valence-electron chi connectivity index (χ2n) is 5.70. The highest BCUT2D eigenvalue weighted by Gasteiger charge is 2.41. The SMILES string of the molecule is CC1OC(C)C(C(Cc2cc(F)ccc2Cl)NN)C1C. The molecule has 0 aromatic heterocycles. The van der Waals surface area contributed by atoms with Gasteiger partial charge in [0.25, 0.3) is 0 Å². The number of rotatable bonds is 4. The fourth-order valence-electron chi connectivity index (χ4n) is 3.23.